The summed E-state index contributed by atoms with van der Waals surface area (Å²) in [5.74, 6) is 0.0926. The Bertz CT molecular complexity index is 424. The zero-order valence-corrected chi connectivity index (χ0v) is 14.5. The van der Waals surface area contributed by atoms with Crippen molar-refractivity contribution in [2.45, 2.75) is 58.7 Å². The lowest BCUT2D eigenvalue weighted by Gasteiger charge is -2.30. The number of unbranched alkanes of at least 4 members (excludes halogenated alkanes) is 2. The van der Waals surface area contributed by atoms with E-state index < -0.39 is 5.79 Å². The van der Waals surface area contributed by atoms with Crippen molar-refractivity contribution in [1.29, 1.82) is 0 Å². The molecule has 0 amide bonds. The van der Waals surface area contributed by atoms with Crippen molar-refractivity contribution in [2.24, 2.45) is 0 Å². The van der Waals surface area contributed by atoms with E-state index in [1.165, 1.54) is 0 Å². The van der Waals surface area contributed by atoms with Crippen molar-refractivity contribution in [1.82, 2.24) is 0 Å². The summed E-state index contributed by atoms with van der Waals surface area (Å²) in [4.78, 5) is 0. The van der Waals surface area contributed by atoms with Crippen molar-refractivity contribution < 1.29 is 14.2 Å². The van der Waals surface area contributed by atoms with Crippen LogP contribution in [0.4, 0.5) is 5.69 Å². The van der Waals surface area contributed by atoms with Gasteiger partial charge in [-0.2, -0.15) is 0 Å². The molecule has 0 unspecified atom stereocenters. The molecule has 0 fully saturated rings. The zero-order chi connectivity index (χ0) is 16.4. The van der Waals surface area contributed by atoms with Gasteiger partial charge in [0.05, 0.1) is 26.0 Å². The van der Waals surface area contributed by atoms with Crippen molar-refractivity contribution in [2.75, 3.05) is 26.1 Å². The Morgan fingerprint density at radius 2 is 1.64 bits per heavy atom. The number of ether oxygens (including phenoxy) is 3. The first-order valence-corrected chi connectivity index (χ1v) is 8.25. The van der Waals surface area contributed by atoms with Crippen molar-refractivity contribution >= 4 is 5.69 Å². The van der Waals surface area contributed by atoms with E-state index in [0.29, 0.717) is 31.1 Å². The average Bonchev–Trinajstić information content (AvgIpc) is 2.48. The van der Waals surface area contributed by atoms with Crippen LogP contribution in [-0.4, -0.2) is 26.1 Å². The summed E-state index contributed by atoms with van der Waals surface area (Å²) >= 11 is 0. The minimum Gasteiger partial charge on any atom is -0.495 e. The first-order valence-electron chi connectivity index (χ1n) is 8.25. The molecule has 4 nitrogen and oxygen atoms in total. The molecular formula is C18H31NO3. The Morgan fingerprint density at radius 1 is 1.05 bits per heavy atom. The van der Waals surface area contributed by atoms with Gasteiger partial charge < -0.3 is 19.9 Å². The van der Waals surface area contributed by atoms with Gasteiger partial charge in [0.15, 0.2) is 5.79 Å². The summed E-state index contributed by atoms with van der Waals surface area (Å²) in [6.07, 6.45) is 4.98. The number of nitrogens with two attached hydrogens (primary N) is 1. The van der Waals surface area contributed by atoms with Crippen LogP contribution >= 0.6 is 0 Å². The highest BCUT2D eigenvalue weighted by Crippen LogP contribution is 2.26. The van der Waals surface area contributed by atoms with Crippen LogP contribution in [0.1, 0.15) is 52.0 Å². The van der Waals surface area contributed by atoms with E-state index in [1.54, 1.807) is 7.11 Å². The molecule has 1 aromatic rings. The largest absolute Gasteiger partial charge is 0.495 e. The van der Waals surface area contributed by atoms with Crippen LogP contribution in [0.5, 0.6) is 5.75 Å². The Balaban J connectivity index is 2.74. The molecule has 0 heterocycles. The summed E-state index contributed by atoms with van der Waals surface area (Å²) in [7, 11) is 1.62. The minimum atomic E-state index is -0.606. The SMILES string of the molecule is CCCCOC(C)(Cc1ccc(OC)c(N)c1)OCCCC. The van der Waals surface area contributed by atoms with Crippen molar-refractivity contribution in [3.8, 4) is 5.75 Å². The maximum absolute atomic E-state index is 6.02. The molecule has 0 radical (unpaired) electrons. The van der Waals surface area contributed by atoms with Gasteiger partial charge in [0.1, 0.15) is 5.75 Å². The van der Waals surface area contributed by atoms with Gasteiger partial charge >= 0.3 is 0 Å². The molecule has 4 heteroatoms. The average molecular weight is 309 g/mol. The van der Waals surface area contributed by atoms with Crippen molar-refractivity contribution in [3.63, 3.8) is 0 Å². The van der Waals surface area contributed by atoms with E-state index in [9.17, 15) is 0 Å². The molecule has 0 saturated heterocycles. The monoisotopic (exact) mass is 309 g/mol. The Labute approximate surface area is 134 Å². The van der Waals surface area contributed by atoms with Crippen LogP contribution in [0.3, 0.4) is 0 Å². The number of rotatable bonds is 11. The molecule has 22 heavy (non-hydrogen) atoms. The molecule has 126 valence electrons. The lowest BCUT2D eigenvalue weighted by molar-refractivity contribution is -0.225. The van der Waals surface area contributed by atoms with E-state index in [4.69, 9.17) is 19.9 Å². The molecule has 1 rings (SSSR count). The van der Waals surface area contributed by atoms with Gasteiger partial charge in [-0.3, -0.25) is 0 Å². The molecule has 0 bridgehead atoms. The molecule has 0 aliphatic heterocycles. The lowest BCUT2D eigenvalue weighted by Crippen LogP contribution is -2.36. The number of anilines is 1. The third-order valence-corrected chi connectivity index (χ3v) is 3.63. The lowest BCUT2D eigenvalue weighted by atomic mass is 10.0. The van der Waals surface area contributed by atoms with Gasteiger partial charge in [0.25, 0.3) is 0 Å². The highest BCUT2D eigenvalue weighted by Gasteiger charge is 2.26. The van der Waals surface area contributed by atoms with Crippen LogP contribution in [0.15, 0.2) is 18.2 Å². The molecule has 0 aliphatic rings. The fraction of sp³-hybridized carbons (Fsp3) is 0.667. The summed E-state index contributed by atoms with van der Waals surface area (Å²) in [5, 5.41) is 0. The predicted molar refractivity (Wildman–Crippen MR) is 91.2 cm³/mol. The van der Waals surface area contributed by atoms with Gasteiger partial charge in [0, 0.05) is 6.42 Å². The van der Waals surface area contributed by atoms with Gasteiger partial charge in [-0.05, 0) is 37.5 Å². The standard InChI is InChI=1S/C18H31NO3/c1-5-7-11-21-18(3,22-12-8-6-2)14-15-9-10-17(20-4)16(19)13-15/h9-10,13H,5-8,11-12,14,19H2,1-4H3. The van der Waals surface area contributed by atoms with Crippen LogP contribution in [0, 0.1) is 0 Å². The topological polar surface area (TPSA) is 53.7 Å². The number of nitrogen functional groups attached to an aromatic ring is 1. The number of hydrogen-bond acceptors (Lipinski definition) is 4. The second-order valence-electron chi connectivity index (χ2n) is 5.79. The highest BCUT2D eigenvalue weighted by molar-refractivity contribution is 5.54. The smallest absolute Gasteiger partial charge is 0.169 e. The highest BCUT2D eigenvalue weighted by atomic mass is 16.7. The Hall–Kier alpha value is -1.26. The van der Waals surface area contributed by atoms with Gasteiger partial charge in [-0.15, -0.1) is 0 Å². The van der Waals surface area contributed by atoms with Crippen molar-refractivity contribution in [3.05, 3.63) is 23.8 Å². The summed E-state index contributed by atoms with van der Waals surface area (Å²) in [6, 6.07) is 5.84. The quantitative estimate of drug-likeness (QED) is 0.379. The van der Waals surface area contributed by atoms with E-state index in [1.807, 2.05) is 25.1 Å². The predicted octanol–water partition coefficient (Wildman–Crippen LogP) is 4.17. The fourth-order valence-corrected chi connectivity index (χ4v) is 2.27. The van der Waals surface area contributed by atoms with Crippen LogP contribution < -0.4 is 10.5 Å². The summed E-state index contributed by atoms with van der Waals surface area (Å²) in [5.41, 5.74) is 7.72. The maximum atomic E-state index is 6.02. The minimum absolute atomic E-state index is 0.606. The zero-order valence-electron chi connectivity index (χ0n) is 14.5. The first-order chi connectivity index (χ1) is 10.5. The van der Waals surface area contributed by atoms with E-state index in [0.717, 1.165) is 31.2 Å². The molecular weight excluding hydrogens is 278 g/mol. The molecule has 1 aromatic carbocycles. The normalized spacial score (nSPS) is 11.6. The second kappa shape index (κ2) is 9.70. The first kappa shape index (κ1) is 18.8. The third kappa shape index (κ3) is 6.24. The molecule has 0 spiro atoms. The molecule has 0 saturated carbocycles. The molecule has 0 aliphatic carbocycles. The maximum Gasteiger partial charge on any atom is 0.169 e. The van der Waals surface area contributed by atoms with Gasteiger partial charge in [-0.25, -0.2) is 0 Å². The number of benzene rings is 1. The summed E-state index contributed by atoms with van der Waals surface area (Å²) in [6.45, 7) is 7.75. The van der Waals surface area contributed by atoms with Crippen LogP contribution in [0.25, 0.3) is 0 Å². The van der Waals surface area contributed by atoms with E-state index in [-0.39, 0.29) is 0 Å². The van der Waals surface area contributed by atoms with E-state index >= 15 is 0 Å². The molecule has 0 atom stereocenters. The number of hydrogen-bond donors (Lipinski definition) is 1. The van der Waals surface area contributed by atoms with Crippen LogP contribution in [-0.2, 0) is 15.9 Å². The third-order valence-electron chi connectivity index (χ3n) is 3.63. The van der Waals surface area contributed by atoms with E-state index in [2.05, 4.69) is 13.8 Å². The molecule has 0 aromatic heterocycles. The number of methoxy groups -OCH3 is 1. The van der Waals surface area contributed by atoms with Crippen LogP contribution in [0.2, 0.25) is 0 Å². The fourth-order valence-electron chi connectivity index (χ4n) is 2.27. The summed E-state index contributed by atoms with van der Waals surface area (Å²) < 4.78 is 17.2. The van der Waals surface area contributed by atoms with Gasteiger partial charge in [0.2, 0.25) is 0 Å². The Morgan fingerprint density at radius 3 is 2.09 bits per heavy atom. The second-order valence-corrected chi connectivity index (χ2v) is 5.79. The van der Waals surface area contributed by atoms with Gasteiger partial charge in [-0.1, -0.05) is 32.8 Å². The Kier molecular flexibility index (Phi) is 8.28. The molecule has 2 N–H and O–H groups in total.